The quantitative estimate of drug-likeness (QED) is 0.833. The van der Waals surface area contributed by atoms with E-state index in [0.29, 0.717) is 18.0 Å². The molecule has 88 valence electrons. The summed E-state index contributed by atoms with van der Waals surface area (Å²) >= 11 is 2.02. The summed E-state index contributed by atoms with van der Waals surface area (Å²) in [6, 6.07) is 4.94. The van der Waals surface area contributed by atoms with Gasteiger partial charge in [0, 0.05) is 12.1 Å². The number of phenols is 1. The zero-order chi connectivity index (χ0) is 12.1. The van der Waals surface area contributed by atoms with E-state index in [0.717, 1.165) is 9.99 Å². The molecule has 0 aliphatic carbocycles. The van der Waals surface area contributed by atoms with Gasteiger partial charge in [-0.25, -0.2) is 0 Å². The van der Waals surface area contributed by atoms with Crippen molar-refractivity contribution in [3.8, 4) is 5.75 Å². The summed E-state index contributed by atoms with van der Waals surface area (Å²) in [5, 5.41) is 12.3. The van der Waals surface area contributed by atoms with Crippen molar-refractivity contribution in [1.29, 1.82) is 0 Å². The second kappa shape index (κ2) is 6.08. The second-order valence-electron chi connectivity index (χ2n) is 3.89. The minimum atomic E-state index is -0.132. The fourth-order valence-corrected chi connectivity index (χ4v) is 1.50. The molecule has 1 atom stereocenters. The van der Waals surface area contributed by atoms with E-state index < -0.39 is 0 Å². The highest BCUT2D eigenvalue weighted by Crippen LogP contribution is 2.20. The Morgan fingerprint density at radius 3 is 2.81 bits per heavy atom. The maximum Gasteiger partial charge on any atom is 0.251 e. The van der Waals surface area contributed by atoms with Crippen LogP contribution in [-0.2, 0) is 0 Å². The van der Waals surface area contributed by atoms with Gasteiger partial charge in [0.2, 0.25) is 0 Å². The summed E-state index contributed by atoms with van der Waals surface area (Å²) < 4.78 is 0.746. The lowest BCUT2D eigenvalue weighted by Crippen LogP contribution is -2.27. The summed E-state index contributed by atoms with van der Waals surface area (Å²) in [6.07, 6.45) is 1.04. The molecule has 0 aliphatic heterocycles. The monoisotopic (exact) mass is 333 g/mol. The van der Waals surface area contributed by atoms with Gasteiger partial charge in [-0.2, -0.15) is 0 Å². The molecular weight excluding hydrogens is 317 g/mol. The van der Waals surface area contributed by atoms with Gasteiger partial charge in [0.15, 0.2) is 0 Å². The molecule has 4 heteroatoms. The molecule has 0 saturated heterocycles. The van der Waals surface area contributed by atoms with E-state index in [1.54, 1.807) is 12.1 Å². The van der Waals surface area contributed by atoms with Crippen molar-refractivity contribution in [3.05, 3.63) is 27.3 Å². The Hall–Kier alpha value is -0.780. The van der Waals surface area contributed by atoms with Crippen molar-refractivity contribution < 1.29 is 9.90 Å². The predicted octanol–water partition coefficient (Wildman–Crippen LogP) is 2.77. The number of halogens is 1. The van der Waals surface area contributed by atoms with Crippen LogP contribution in [0.1, 0.15) is 30.6 Å². The number of nitrogens with one attached hydrogen (secondary N) is 1. The smallest absolute Gasteiger partial charge is 0.251 e. The molecule has 0 bridgehead atoms. The van der Waals surface area contributed by atoms with Gasteiger partial charge in [-0.05, 0) is 46.7 Å². The molecule has 1 aromatic rings. The first-order chi connectivity index (χ1) is 7.54. The highest BCUT2D eigenvalue weighted by Gasteiger charge is 2.08. The summed E-state index contributed by atoms with van der Waals surface area (Å²) in [7, 11) is 0. The van der Waals surface area contributed by atoms with Crippen molar-refractivity contribution in [3.63, 3.8) is 0 Å². The van der Waals surface area contributed by atoms with E-state index in [4.69, 9.17) is 0 Å². The van der Waals surface area contributed by atoms with E-state index in [1.165, 1.54) is 6.07 Å². The van der Waals surface area contributed by atoms with Crippen LogP contribution < -0.4 is 5.32 Å². The Morgan fingerprint density at radius 2 is 2.25 bits per heavy atom. The lowest BCUT2D eigenvalue weighted by Gasteiger charge is -2.10. The van der Waals surface area contributed by atoms with Gasteiger partial charge >= 0.3 is 0 Å². The predicted molar refractivity (Wildman–Crippen MR) is 72.6 cm³/mol. The highest BCUT2D eigenvalue weighted by atomic mass is 127. The van der Waals surface area contributed by atoms with E-state index in [9.17, 15) is 9.90 Å². The Labute approximate surface area is 109 Å². The first-order valence-corrected chi connectivity index (χ1v) is 6.39. The number of carbonyl (C=O) groups excluding carboxylic acids is 1. The summed E-state index contributed by atoms with van der Waals surface area (Å²) in [6.45, 7) is 4.85. The second-order valence-corrected chi connectivity index (χ2v) is 5.05. The summed E-state index contributed by atoms with van der Waals surface area (Å²) in [5.41, 5.74) is 0.501. The molecule has 0 aromatic heterocycles. The van der Waals surface area contributed by atoms with Crippen LogP contribution in [0, 0.1) is 9.49 Å². The van der Waals surface area contributed by atoms with Crippen LogP contribution in [0.3, 0.4) is 0 Å². The Kier molecular flexibility index (Phi) is 5.05. The lowest BCUT2D eigenvalue weighted by molar-refractivity contribution is 0.0947. The molecule has 0 spiro atoms. The largest absolute Gasteiger partial charge is 0.507 e. The molecule has 0 fully saturated rings. The fourth-order valence-electron chi connectivity index (χ4n) is 1.17. The number of hydrogen-bond donors (Lipinski definition) is 2. The molecule has 2 N–H and O–H groups in total. The summed E-state index contributed by atoms with van der Waals surface area (Å²) in [5.74, 6) is 0.491. The standard InChI is InChI=1S/C12H16INO2/c1-3-8(2)7-14-12(16)9-4-5-10(13)11(15)6-9/h4-6,8,15H,3,7H2,1-2H3,(H,14,16). The van der Waals surface area contributed by atoms with Crippen LogP contribution in [0.25, 0.3) is 0 Å². The van der Waals surface area contributed by atoms with Crippen LogP contribution >= 0.6 is 22.6 Å². The van der Waals surface area contributed by atoms with Crippen LogP contribution in [0.15, 0.2) is 18.2 Å². The Bertz CT molecular complexity index is 379. The molecule has 1 unspecified atom stereocenters. The third kappa shape index (κ3) is 3.66. The van der Waals surface area contributed by atoms with Crippen LogP contribution in [0.4, 0.5) is 0 Å². The number of benzene rings is 1. The molecule has 1 rings (SSSR count). The molecule has 1 aromatic carbocycles. The van der Waals surface area contributed by atoms with Crippen molar-refractivity contribution in [1.82, 2.24) is 5.32 Å². The van der Waals surface area contributed by atoms with Crippen molar-refractivity contribution in [2.24, 2.45) is 5.92 Å². The number of hydrogen-bond acceptors (Lipinski definition) is 2. The van der Waals surface area contributed by atoms with E-state index in [2.05, 4.69) is 19.2 Å². The topological polar surface area (TPSA) is 49.3 Å². The number of aromatic hydroxyl groups is 1. The fraction of sp³-hybridized carbons (Fsp3) is 0.417. The van der Waals surface area contributed by atoms with Crippen LogP contribution in [0.5, 0.6) is 5.75 Å². The molecule has 0 saturated carbocycles. The maximum absolute atomic E-state index is 11.7. The molecule has 1 amide bonds. The first kappa shape index (κ1) is 13.3. The average molecular weight is 333 g/mol. The maximum atomic E-state index is 11.7. The van der Waals surface area contributed by atoms with Crippen LogP contribution in [-0.4, -0.2) is 17.6 Å². The van der Waals surface area contributed by atoms with Gasteiger partial charge in [-0.15, -0.1) is 0 Å². The van der Waals surface area contributed by atoms with Crippen molar-refractivity contribution in [2.75, 3.05) is 6.54 Å². The normalized spacial score (nSPS) is 12.2. The number of phenolic OH excluding ortho intramolecular Hbond substituents is 1. The SMILES string of the molecule is CCC(C)CNC(=O)c1ccc(I)c(O)c1. The minimum absolute atomic E-state index is 0.132. The molecule has 0 aliphatic rings. The zero-order valence-electron chi connectivity index (χ0n) is 9.46. The van der Waals surface area contributed by atoms with Gasteiger partial charge in [0.25, 0.3) is 5.91 Å². The number of amides is 1. The summed E-state index contributed by atoms with van der Waals surface area (Å²) in [4.78, 5) is 11.7. The minimum Gasteiger partial charge on any atom is -0.507 e. The van der Waals surface area contributed by atoms with Crippen molar-refractivity contribution >= 4 is 28.5 Å². The van der Waals surface area contributed by atoms with Gasteiger partial charge in [0.1, 0.15) is 5.75 Å². The molecule has 0 heterocycles. The third-order valence-electron chi connectivity index (χ3n) is 2.52. The van der Waals surface area contributed by atoms with E-state index >= 15 is 0 Å². The average Bonchev–Trinajstić information content (AvgIpc) is 2.29. The van der Waals surface area contributed by atoms with Gasteiger partial charge < -0.3 is 10.4 Å². The van der Waals surface area contributed by atoms with Gasteiger partial charge in [0.05, 0.1) is 3.57 Å². The van der Waals surface area contributed by atoms with E-state index in [-0.39, 0.29) is 11.7 Å². The van der Waals surface area contributed by atoms with Gasteiger partial charge in [-0.3, -0.25) is 4.79 Å². The third-order valence-corrected chi connectivity index (χ3v) is 3.43. The highest BCUT2D eigenvalue weighted by molar-refractivity contribution is 14.1. The van der Waals surface area contributed by atoms with Crippen LogP contribution in [0.2, 0.25) is 0 Å². The number of carbonyl (C=O) groups is 1. The molecule has 3 nitrogen and oxygen atoms in total. The molecule has 0 radical (unpaired) electrons. The van der Waals surface area contributed by atoms with Crippen molar-refractivity contribution in [2.45, 2.75) is 20.3 Å². The van der Waals surface area contributed by atoms with Gasteiger partial charge in [-0.1, -0.05) is 20.3 Å². The zero-order valence-corrected chi connectivity index (χ0v) is 11.6. The van der Waals surface area contributed by atoms with E-state index in [1.807, 2.05) is 22.6 Å². The Balaban J connectivity index is 2.63. The first-order valence-electron chi connectivity index (χ1n) is 5.31. The lowest BCUT2D eigenvalue weighted by atomic mass is 10.1. The molecular formula is C12H16INO2. The number of rotatable bonds is 4. The Morgan fingerprint density at radius 1 is 1.56 bits per heavy atom. The molecule has 16 heavy (non-hydrogen) atoms.